The first-order valence-corrected chi connectivity index (χ1v) is 5.02. The Hall–Kier alpha value is -2.51. The van der Waals surface area contributed by atoms with Crippen molar-refractivity contribution in [1.29, 1.82) is 0 Å². The van der Waals surface area contributed by atoms with Crippen LogP contribution >= 0.6 is 0 Å². The molecule has 3 rings (SSSR count). The summed E-state index contributed by atoms with van der Waals surface area (Å²) >= 11 is 0. The summed E-state index contributed by atoms with van der Waals surface area (Å²) in [5.41, 5.74) is 1.13. The molecule has 0 saturated heterocycles. The SMILES string of the molecule is CCOC(=O)c1nnc2ccc3nncn3n12. The van der Waals surface area contributed by atoms with Crippen molar-refractivity contribution in [1.82, 2.24) is 29.4 Å². The Morgan fingerprint density at radius 2 is 2.12 bits per heavy atom. The van der Waals surface area contributed by atoms with E-state index < -0.39 is 5.97 Å². The predicted molar refractivity (Wildman–Crippen MR) is 55.5 cm³/mol. The number of hydrogen-bond donors (Lipinski definition) is 0. The summed E-state index contributed by atoms with van der Waals surface area (Å²) in [6.07, 6.45) is 1.48. The largest absolute Gasteiger partial charge is 0.460 e. The third-order valence-corrected chi connectivity index (χ3v) is 2.28. The summed E-state index contributed by atoms with van der Waals surface area (Å²) < 4.78 is 8.00. The Bertz CT molecular complexity index is 700. The van der Waals surface area contributed by atoms with E-state index in [0.29, 0.717) is 11.3 Å². The van der Waals surface area contributed by atoms with Crippen LogP contribution in [0, 0.1) is 0 Å². The van der Waals surface area contributed by atoms with Crippen molar-refractivity contribution in [2.24, 2.45) is 0 Å². The van der Waals surface area contributed by atoms with Gasteiger partial charge < -0.3 is 4.74 Å². The molecule has 0 fully saturated rings. The van der Waals surface area contributed by atoms with E-state index in [9.17, 15) is 4.79 Å². The Balaban J connectivity index is 2.31. The molecule has 0 aromatic carbocycles. The van der Waals surface area contributed by atoms with E-state index in [1.807, 2.05) is 0 Å². The lowest BCUT2D eigenvalue weighted by Crippen LogP contribution is -2.13. The molecule has 3 aromatic heterocycles. The summed E-state index contributed by atoms with van der Waals surface area (Å²) in [7, 11) is 0. The van der Waals surface area contributed by atoms with Crippen molar-refractivity contribution in [2.75, 3.05) is 6.61 Å². The number of fused-ring (bicyclic) bond motifs is 3. The van der Waals surface area contributed by atoms with Crippen LogP contribution in [0.3, 0.4) is 0 Å². The Labute approximate surface area is 94.8 Å². The van der Waals surface area contributed by atoms with Crippen molar-refractivity contribution in [3.05, 3.63) is 24.3 Å². The number of aromatic nitrogens is 6. The van der Waals surface area contributed by atoms with Crippen LogP contribution in [0.4, 0.5) is 0 Å². The molecule has 0 atom stereocenters. The second kappa shape index (κ2) is 3.51. The first kappa shape index (κ1) is 9.70. The second-order valence-electron chi connectivity index (χ2n) is 3.28. The van der Waals surface area contributed by atoms with Crippen LogP contribution in [0.2, 0.25) is 0 Å². The van der Waals surface area contributed by atoms with Gasteiger partial charge in [0, 0.05) is 0 Å². The third kappa shape index (κ3) is 1.34. The minimum absolute atomic E-state index is 0.104. The van der Waals surface area contributed by atoms with Gasteiger partial charge in [0.15, 0.2) is 11.3 Å². The molecular weight excluding hydrogens is 224 g/mol. The smallest absolute Gasteiger partial charge is 0.378 e. The zero-order valence-electron chi connectivity index (χ0n) is 8.94. The van der Waals surface area contributed by atoms with Crippen LogP contribution in [0.15, 0.2) is 18.5 Å². The molecule has 0 aliphatic heterocycles. The summed E-state index contributed by atoms with van der Waals surface area (Å²) in [4.78, 5) is 11.7. The second-order valence-corrected chi connectivity index (χ2v) is 3.28. The van der Waals surface area contributed by atoms with Crippen molar-refractivity contribution in [3.63, 3.8) is 0 Å². The number of rotatable bonds is 2. The molecule has 0 N–H and O–H groups in total. The lowest BCUT2D eigenvalue weighted by Gasteiger charge is -2.01. The molecule has 0 saturated carbocycles. The quantitative estimate of drug-likeness (QED) is 0.576. The number of esters is 1. The maximum Gasteiger partial charge on any atom is 0.378 e. The fourth-order valence-corrected chi connectivity index (χ4v) is 1.58. The standard InChI is InChI=1S/C9H8N6O2/c1-2-17-9(16)8-13-12-7-4-3-6-11-10-5-14(6)15(7)8/h3-5H,2H2,1H3. The van der Waals surface area contributed by atoms with Gasteiger partial charge in [0.05, 0.1) is 6.61 Å². The van der Waals surface area contributed by atoms with Crippen molar-refractivity contribution >= 4 is 17.3 Å². The number of carbonyl (C=O) groups is 1. The van der Waals surface area contributed by atoms with Gasteiger partial charge in [-0.25, -0.2) is 9.31 Å². The first-order chi connectivity index (χ1) is 8.31. The highest BCUT2D eigenvalue weighted by molar-refractivity contribution is 5.86. The highest BCUT2D eigenvalue weighted by Crippen LogP contribution is 2.07. The lowest BCUT2D eigenvalue weighted by molar-refractivity contribution is 0.0508. The van der Waals surface area contributed by atoms with Crippen molar-refractivity contribution in [3.8, 4) is 0 Å². The van der Waals surface area contributed by atoms with E-state index in [-0.39, 0.29) is 12.4 Å². The maximum atomic E-state index is 11.7. The summed E-state index contributed by atoms with van der Waals surface area (Å²) in [5.74, 6) is -0.423. The molecule has 3 heterocycles. The minimum atomic E-state index is -0.527. The van der Waals surface area contributed by atoms with Crippen LogP contribution in [0.5, 0.6) is 0 Å². The number of hydrogen-bond acceptors (Lipinski definition) is 6. The van der Waals surface area contributed by atoms with E-state index >= 15 is 0 Å². The summed E-state index contributed by atoms with van der Waals surface area (Å²) in [5, 5.41) is 15.3. The van der Waals surface area contributed by atoms with Gasteiger partial charge in [0.25, 0.3) is 5.82 Å². The molecule has 17 heavy (non-hydrogen) atoms. The fourth-order valence-electron chi connectivity index (χ4n) is 1.58. The first-order valence-electron chi connectivity index (χ1n) is 5.02. The van der Waals surface area contributed by atoms with Crippen LogP contribution in [-0.2, 0) is 4.74 Å². The van der Waals surface area contributed by atoms with Gasteiger partial charge in [-0.05, 0) is 19.1 Å². The Kier molecular flexibility index (Phi) is 2.00. The fraction of sp³-hybridized carbons (Fsp3) is 0.222. The Morgan fingerprint density at radius 1 is 1.29 bits per heavy atom. The molecule has 0 radical (unpaired) electrons. The van der Waals surface area contributed by atoms with E-state index in [1.54, 1.807) is 23.6 Å². The lowest BCUT2D eigenvalue weighted by atomic mass is 10.5. The molecule has 0 bridgehead atoms. The van der Waals surface area contributed by atoms with Gasteiger partial charge in [0.2, 0.25) is 0 Å². The van der Waals surface area contributed by atoms with E-state index in [2.05, 4.69) is 20.4 Å². The van der Waals surface area contributed by atoms with Gasteiger partial charge in [0.1, 0.15) is 6.33 Å². The molecule has 0 aliphatic carbocycles. The molecule has 0 aliphatic rings. The van der Waals surface area contributed by atoms with Crippen LogP contribution in [0.1, 0.15) is 17.5 Å². The number of ether oxygens (including phenoxy) is 1. The monoisotopic (exact) mass is 232 g/mol. The predicted octanol–water partition coefficient (Wildman–Crippen LogP) is -0.0513. The van der Waals surface area contributed by atoms with Gasteiger partial charge in [-0.15, -0.1) is 20.4 Å². The van der Waals surface area contributed by atoms with E-state index in [0.717, 1.165) is 0 Å². The zero-order valence-corrected chi connectivity index (χ0v) is 8.94. The minimum Gasteiger partial charge on any atom is -0.460 e. The molecule has 0 amide bonds. The molecule has 0 unspecified atom stereocenters. The zero-order chi connectivity index (χ0) is 11.8. The number of nitrogens with zero attached hydrogens (tertiary/aromatic N) is 6. The number of carbonyl (C=O) groups excluding carboxylic acids is 1. The van der Waals surface area contributed by atoms with Crippen LogP contribution in [0.25, 0.3) is 11.3 Å². The summed E-state index contributed by atoms with van der Waals surface area (Å²) in [6.45, 7) is 2.02. The van der Waals surface area contributed by atoms with Gasteiger partial charge in [-0.3, -0.25) is 0 Å². The third-order valence-electron chi connectivity index (χ3n) is 2.28. The molecule has 3 aromatic rings. The average molecular weight is 232 g/mol. The molecule has 8 heteroatoms. The van der Waals surface area contributed by atoms with Crippen LogP contribution < -0.4 is 0 Å². The van der Waals surface area contributed by atoms with Crippen LogP contribution in [-0.4, -0.2) is 42.0 Å². The van der Waals surface area contributed by atoms with Gasteiger partial charge >= 0.3 is 5.97 Å². The van der Waals surface area contributed by atoms with Gasteiger partial charge in [-0.1, -0.05) is 0 Å². The van der Waals surface area contributed by atoms with Gasteiger partial charge in [-0.2, -0.15) is 4.52 Å². The average Bonchev–Trinajstić information content (AvgIpc) is 2.94. The molecule has 8 nitrogen and oxygen atoms in total. The molecule has 0 spiro atoms. The molecule has 86 valence electrons. The topological polar surface area (TPSA) is 86.7 Å². The normalized spacial score (nSPS) is 11.1. The highest BCUT2D eigenvalue weighted by Gasteiger charge is 2.17. The van der Waals surface area contributed by atoms with E-state index in [1.165, 1.54) is 10.8 Å². The van der Waals surface area contributed by atoms with Crippen molar-refractivity contribution < 1.29 is 9.53 Å². The summed E-state index contributed by atoms with van der Waals surface area (Å²) in [6, 6.07) is 3.45. The maximum absolute atomic E-state index is 11.7. The van der Waals surface area contributed by atoms with E-state index in [4.69, 9.17) is 4.74 Å². The van der Waals surface area contributed by atoms with Crippen molar-refractivity contribution in [2.45, 2.75) is 6.92 Å². The molecular formula is C9H8N6O2. The Morgan fingerprint density at radius 3 is 2.94 bits per heavy atom. The highest BCUT2D eigenvalue weighted by atomic mass is 16.5.